The number of aromatic nitrogens is 2. The third kappa shape index (κ3) is 4.74. The number of unbranched alkanes of at least 4 members (excludes halogenated alkanes) is 3. The van der Waals surface area contributed by atoms with Crippen LogP contribution in [-0.4, -0.2) is 20.6 Å². The summed E-state index contributed by atoms with van der Waals surface area (Å²) in [4.78, 5) is 15.0. The largest absolute Gasteiger partial charge is 0.481 e. The zero-order chi connectivity index (χ0) is 15.1. The molecule has 1 aromatic carbocycles. The number of carboxylic acids is 1. The fraction of sp³-hybridized carbons (Fsp3) is 0.412. The number of hydrogen-bond acceptors (Lipinski definition) is 2. The summed E-state index contributed by atoms with van der Waals surface area (Å²) in [5.41, 5.74) is 2.24. The zero-order valence-corrected chi connectivity index (χ0v) is 12.5. The predicted octanol–water partition coefficient (Wildman–Crippen LogP) is 3.76. The quantitative estimate of drug-likeness (QED) is 0.752. The summed E-state index contributed by atoms with van der Waals surface area (Å²) in [6, 6.07) is 10.2. The van der Waals surface area contributed by atoms with Crippen LogP contribution < -0.4 is 0 Å². The van der Waals surface area contributed by atoms with Crippen molar-refractivity contribution < 1.29 is 9.90 Å². The number of nitrogens with zero attached hydrogens (tertiary/aromatic N) is 2. The van der Waals surface area contributed by atoms with Gasteiger partial charge in [0, 0.05) is 18.3 Å². The van der Waals surface area contributed by atoms with Crippen molar-refractivity contribution in [3.8, 4) is 5.69 Å². The number of para-hydroxylation sites is 1. The lowest BCUT2D eigenvalue weighted by atomic mass is 10.1. The van der Waals surface area contributed by atoms with Crippen molar-refractivity contribution >= 4 is 5.97 Å². The van der Waals surface area contributed by atoms with Crippen molar-refractivity contribution in [3.05, 3.63) is 48.0 Å². The molecular formula is C17H22N2O2. The number of aryl methyl sites for hydroxylation is 2. The van der Waals surface area contributed by atoms with E-state index in [-0.39, 0.29) is 6.42 Å². The first kappa shape index (κ1) is 15.3. The number of carbonyl (C=O) groups is 1. The van der Waals surface area contributed by atoms with Gasteiger partial charge in [-0.3, -0.25) is 4.79 Å². The molecule has 0 saturated heterocycles. The van der Waals surface area contributed by atoms with Gasteiger partial charge in [0.2, 0.25) is 0 Å². The molecule has 4 heteroatoms. The number of rotatable bonds is 8. The number of imidazole rings is 1. The van der Waals surface area contributed by atoms with Crippen LogP contribution in [0.15, 0.2) is 36.5 Å². The van der Waals surface area contributed by atoms with Gasteiger partial charge in [0.25, 0.3) is 0 Å². The standard InChI is InChI=1S/C17H22N2O2/c1-14-18-15(9-5-2-3-8-12-17(20)21)13-19(14)16-10-6-4-7-11-16/h4,6-7,10-11,13H,2-3,5,8-9,12H2,1H3,(H,20,21). The molecule has 0 bridgehead atoms. The van der Waals surface area contributed by atoms with Crippen LogP contribution in [0.3, 0.4) is 0 Å². The molecule has 0 atom stereocenters. The van der Waals surface area contributed by atoms with E-state index in [9.17, 15) is 4.79 Å². The van der Waals surface area contributed by atoms with Crippen LogP contribution in [0.25, 0.3) is 5.69 Å². The van der Waals surface area contributed by atoms with E-state index in [1.165, 1.54) is 0 Å². The first-order valence-corrected chi connectivity index (χ1v) is 7.49. The van der Waals surface area contributed by atoms with Crippen LogP contribution in [0.2, 0.25) is 0 Å². The number of hydrogen-bond donors (Lipinski definition) is 1. The Morgan fingerprint density at radius 3 is 2.57 bits per heavy atom. The molecule has 112 valence electrons. The Balaban J connectivity index is 1.81. The minimum Gasteiger partial charge on any atom is -0.481 e. The molecule has 4 nitrogen and oxygen atoms in total. The van der Waals surface area contributed by atoms with Gasteiger partial charge in [0.1, 0.15) is 5.82 Å². The molecule has 0 unspecified atom stereocenters. The van der Waals surface area contributed by atoms with Gasteiger partial charge in [-0.2, -0.15) is 0 Å². The SMILES string of the molecule is Cc1nc(CCCCCCC(=O)O)cn1-c1ccccc1. The topological polar surface area (TPSA) is 55.1 Å². The molecule has 0 aliphatic heterocycles. The monoisotopic (exact) mass is 286 g/mol. The average molecular weight is 286 g/mol. The second-order valence-electron chi connectivity index (χ2n) is 5.29. The maximum absolute atomic E-state index is 10.4. The predicted molar refractivity (Wildman–Crippen MR) is 82.7 cm³/mol. The van der Waals surface area contributed by atoms with Crippen LogP contribution in [-0.2, 0) is 11.2 Å². The van der Waals surface area contributed by atoms with Gasteiger partial charge in [-0.25, -0.2) is 4.98 Å². The molecule has 0 aliphatic carbocycles. The van der Waals surface area contributed by atoms with Gasteiger partial charge in [0.15, 0.2) is 0 Å². The highest BCUT2D eigenvalue weighted by atomic mass is 16.4. The maximum atomic E-state index is 10.4. The molecule has 1 heterocycles. The highest BCUT2D eigenvalue weighted by Gasteiger charge is 2.05. The first-order chi connectivity index (χ1) is 10.2. The Hall–Kier alpha value is -2.10. The fourth-order valence-corrected chi connectivity index (χ4v) is 2.44. The van der Waals surface area contributed by atoms with Crippen molar-refractivity contribution in [2.75, 3.05) is 0 Å². The van der Waals surface area contributed by atoms with E-state index in [2.05, 4.69) is 27.9 Å². The highest BCUT2D eigenvalue weighted by molar-refractivity contribution is 5.66. The summed E-state index contributed by atoms with van der Waals surface area (Å²) in [7, 11) is 0. The van der Waals surface area contributed by atoms with Gasteiger partial charge in [-0.05, 0) is 38.3 Å². The van der Waals surface area contributed by atoms with E-state index in [4.69, 9.17) is 5.11 Å². The summed E-state index contributed by atoms with van der Waals surface area (Å²) in [5.74, 6) is 0.300. The van der Waals surface area contributed by atoms with Crippen molar-refractivity contribution in [3.63, 3.8) is 0 Å². The van der Waals surface area contributed by atoms with Crippen molar-refractivity contribution in [1.82, 2.24) is 9.55 Å². The fourth-order valence-electron chi connectivity index (χ4n) is 2.44. The normalized spacial score (nSPS) is 10.7. The van der Waals surface area contributed by atoms with Crippen LogP contribution in [0.4, 0.5) is 0 Å². The van der Waals surface area contributed by atoms with Crippen molar-refractivity contribution in [2.24, 2.45) is 0 Å². The Bertz CT molecular complexity index is 576. The lowest BCUT2D eigenvalue weighted by Crippen LogP contribution is -1.94. The van der Waals surface area contributed by atoms with Crippen LogP contribution in [0.1, 0.15) is 43.6 Å². The van der Waals surface area contributed by atoms with Gasteiger partial charge in [-0.1, -0.05) is 31.0 Å². The molecule has 2 rings (SSSR count). The molecular weight excluding hydrogens is 264 g/mol. The van der Waals surface area contributed by atoms with Gasteiger partial charge in [-0.15, -0.1) is 0 Å². The Kier molecular flexibility index (Phi) is 5.55. The van der Waals surface area contributed by atoms with Crippen LogP contribution in [0, 0.1) is 6.92 Å². The van der Waals surface area contributed by atoms with Gasteiger partial charge < -0.3 is 9.67 Å². The summed E-state index contributed by atoms with van der Waals surface area (Å²) in [6.07, 6.45) is 7.20. The maximum Gasteiger partial charge on any atom is 0.303 e. The molecule has 2 aromatic rings. The molecule has 0 saturated carbocycles. The number of aliphatic carboxylic acids is 1. The van der Waals surface area contributed by atoms with Crippen molar-refractivity contribution in [2.45, 2.75) is 45.4 Å². The second kappa shape index (κ2) is 7.62. The Morgan fingerprint density at radius 2 is 1.86 bits per heavy atom. The summed E-state index contributed by atoms with van der Waals surface area (Å²) in [6.45, 7) is 2.02. The lowest BCUT2D eigenvalue weighted by Gasteiger charge is -2.03. The molecule has 1 aromatic heterocycles. The van der Waals surface area contributed by atoms with Gasteiger partial charge >= 0.3 is 5.97 Å². The lowest BCUT2D eigenvalue weighted by molar-refractivity contribution is -0.137. The van der Waals surface area contributed by atoms with Crippen LogP contribution in [0.5, 0.6) is 0 Å². The first-order valence-electron chi connectivity index (χ1n) is 7.49. The van der Waals surface area contributed by atoms with E-state index in [0.29, 0.717) is 0 Å². The molecule has 0 spiro atoms. The van der Waals surface area contributed by atoms with E-state index >= 15 is 0 Å². The third-order valence-electron chi connectivity index (χ3n) is 3.54. The molecule has 21 heavy (non-hydrogen) atoms. The number of benzene rings is 1. The molecule has 0 amide bonds. The minimum atomic E-state index is -0.702. The molecule has 0 fully saturated rings. The van der Waals surface area contributed by atoms with Crippen LogP contribution >= 0.6 is 0 Å². The summed E-state index contributed by atoms with van der Waals surface area (Å²) >= 11 is 0. The highest BCUT2D eigenvalue weighted by Crippen LogP contribution is 2.14. The smallest absolute Gasteiger partial charge is 0.303 e. The van der Waals surface area contributed by atoms with Gasteiger partial charge in [0.05, 0.1) is 5.69 Å². The van der Waals surface area contributed by atoms with Crippen molar-refractivity contribution in [1.29, 1.82) is 0 Å². The Labute approximate surface area is 125 Å². The minimum absolute atomic E-state index is 0.280. The third-order valence-corrected chi connectivity index (χ3v) is 3.54. The van der Waals surface area contributed by atoms with E-state index < -0.39 is 5.97 Å². The van der Waals surface area contributed by atoms with E-state index in [1.54, 1.807) is 0 Å². The zero-order valence-electron chi connectivity index (χ0n) is 12.5. The second-order valence-corrected chi connectivity index (χ2v) is 5.29. The summed E-state index contributed by atoms with van der Waals surface area (Å²) in [5, 5.41) is 8.58. The summed E-state index contributed by atoms with van der Waals surface area (Å²) < 4.78 is 2.11. The van der Waals surface area contributed by atoms with E-state index in [1.807, 2.05) is 25.1 Å². The average Bonchev–Trinajstić information content (AvgIpc) is 2.84. The Morgan fingerprint density at radius 1 is 1.14 bits per heavy atom. The molecule has 0 aliphatic rings. The molecule has 0 radical (unpaired) electrons. The van der Waals surface area contributed by atoms with E-state index in [0.717, 1.165) is 49.3 Å². The molecule has 1 N–H and O–H groups in total. The number of carboxylic acid groups (broad SMARTS) is 1.